The fourth-order valence-electron chi connectivity index (χ4n) is 2.77. The van der Waals surface area contributed by atoms with Crippen molar-refractivity contribution < 1.29 is 19.1 Å². The highest BCUT2D eigenvalue weighted by Gasteiger charge is 2.16. The van der Waals surface area contributed by atoms with E-state index in [0.717, 1.165) is 0 Å². The second-order valence-electron chi connectivity index (χ2n) is 5.89. The van der Waals surface area contributed by atoms with Crippen LogP contribution in [0.5, 0.6) is 5.75 Å². The minimum Gasteiger partial charge on any atom is -0.497 e. The highest BCUT2D eigenvalue weighted by Crippen LogP contribution is 2.19. The summed E-state index contributed by atoms with van der Waals surface area (Å²) in [7, 11) is 4.57. The average molecular weight is 366 g/mol. The van der Waals surface area contributed by atoms with Crippen LogP contribution < -0.4 is 15.5 Å². The topological polar surface area (TPSA) is 86.6 Å². The molecule has 1 aromatic heterocycles. The monoisotopic (exact) mass is 366 g/mol. The Balaban J connectivity index is 1.95. The number of pyridine rings is 1. The largest absolute Gasteiger partial charge is 0.497 e. The number of aromatic nitrogens is 1. The third-order valence-electron chi connectivity index (χ3n) is 4.20. The Hall–Kier alpha value is -3.61. The van der Waals surface area contributed by atoms with E-state index in [-0.39, 0.29) is 11.0 Å². The summed E-state index contributed by atoms with van der Waals surface area (Å²) in [5.74, 6) is -0.466. The van der Waals surface area contributed by atoms with Crippen molar-refractivity contribution in [3.8, 4) is 5.75 Å². The minimum absolute atomic E-state index is 0.00953. The summed E-state index contributed by atoms with van der Waals surface area (Å²) < 4.78 is 11.5. The van der Waals surface area contributed by atoms with Crippen LogP contribution in [0, 0.1) is 0 Å². The van der Waals surface area contributed by atoms with Crippen LogP contribution >= 0.6 is 0 Å². The first-order chi connectivity index (χ1) is 12.9. The summed E-state index contributed by atoms with van der Waals surface area (Å²) >= 11 is 0. The molecule has 0 bridgehead atoms. The number of nitrogens with one attached hydrogen (secondary N) is 1. The van der Waals surface area contributed by atoms with Crippen molar-refractivity contribution in [1.29, 1.82) is 0 Å². The third-order valence-corrected chi connectivity index (χ3v) is 4.20. The van der Waals surface area contributed by atoms with Crippen molar-refractivity contribution >= 4 is 28.5 Å². The predicted octanol–water partition coefficient (Wildman–Crippen LogP) is 2.59. The normalized spacial score (nSPS) is 10.5. The highest BCUT2D eigenvalue weighted by molar-refractivity contribution is 6.06. The second kappa shape index (κ2) is 7.33. The first kappa shape index (κ1) is 18.2. The van der Waals surface area contributed by atoms with Gasteiger partial charge in [0.1, 0.15) is 11.3 Å². The molecule has 0 spiro atoms. The third kappa shape index (κ3) is 3.52. The molecule has 0 aliphatic carbocycles. The molecule has 3 rings (SSSR count). The van der Waals surface area contributed by atoms with Crippen molar-refractivity contribution in [2.75, 3.05) is 19.5 Å². The highest BCUT2D eigenvalue weighted by atomic mass is 16.5. The standard InChI is InChI=1S/C20H18N2O5/c1-22-11-16(18(23)15-10-14(26-2)8-9-17(15)22)19(24)21-13-6-4-12(5-7-13)20(25)27-3/h4-11H,1-3H3,(H,21,24). The maximum absolute atomic E-state index is 12.8. The number of hydrogen-bond acceptors (Lipinski definition) is 5. The zero-order valence-electron chi connectivity index (χ0n) is 15.1. The molecule has 7 nitrogen and oxygen atoms in total. The average Bonchev–Trinajstić information content (AvgIpc) is 2.70. The molecule has 1 heterocycles. The smallest absolute Gasteiger partial charge is 0.337 e. The molecule has 3 aromatic rings. The molecular formula is C20H18N2O5. The quantitative estimate of drug-likeness (QED) is 0.717. The number of amides is 1. The Kier molecular flexibility index (Phi) is 4.94. The van der Waals surface area contributed by atoms with E-state index in [4.69, 9.17) is 4.74 Å². The number of ether oxygens (including phenoxy) is 2. The molecule has 27 heavy (non-hydrogen) atoms. The molecule has 0 radical (unpaired) electrons. The molecule has 0 unspecified atom stereocenters. The van der Waals surface area contributed by atoms with Gasteiger partial charge in [-0.3, -0.25) is 9.59 Å². The van der Waals surface area contributed by atoms with E-state index in [1.165, 1.54) is 32.5 Å². The Labute approximate surface area is 155 Å². The van der Waals surface area contributed by atoms with Gasteiger partial charge in [-0.2, -0.15) is 0 Å². The summed E-state index contributed by atoms with van der Waals surface area (Å²) in [5.41, 5.74) is 1.14. The van der Waals surface area contributed by atoms with Crippen LogP contribution in [-0.2, 0) is 11.8 Å². The van der Waals surface area contributed by atoms with Crippen molar-refractivity contribution in [1.82, 2.24) is 4.57 Å². The van der Waals surface area contributed by atoms with Gasteiger partial charge in [0.05, 0.1) is 30.7 Å². The van der Waals surface area contributed by atoms with E-state index in [1.807, 2.05) is 0 Å². The SMILES string of the molecule is COC(=O)c1ccc(NC(=O)c2cn(C)c3ccc(OC)cc3c2=O)cc1. The van der Waals surface area contributed by atoms with Gasteiger partial charge in [0, 0.05) is 18.9 Å². The number of fused-ring (bicyclic) bond motifs is 1. The number of rotatable bonds is 4. The number of benzene rings is 2. The molecule has 0 atom stereocenters. The van der Waals surface area contributed by atoms with Gasteiger partial charge in [-0.1, -0.05) is 0 Å². The van der Waals surface area contributed by atoms with Gasteiger partial charge in [0.15, 0.2) is 0 Å². The van der Waals surface area contributed by atoms with Gasteiger partial charge in [-0.15, -0.1) is 0 Å². The lowest BCUT2D eigenvalue weighted by atomic mass is 10.1. The Morgan fingerprint density at radius 2 is 1.74 bits per heavy atom. The fourth-order valence-corrected chi connectivity index (χ4v) is 2.77. The first-order valence-electron chi connectivity index (χ1n) is 8.11. The van der Waals surface area contributed by atoms with Gasteiger partial charge < -0.3 is 19.4 Å². The number of methoxy groups -OCH3 is 2. The number of aryl methyl sites for hydroxylation is 1. The van der Waals surface area contributed by atoms with Crippen LogP contribution in [0.3, 0.4) is 0 Å². The summed E-state index contributed by atoms with van der Waals surface area (Å²) in [6.45, 7) is 0. The molecule has 0 aliphatic heterocycles. The van der Waals surface area contributed by atoms with Crippen molar-refractivity contribution in [2.45, 2.75) is 0 Å². The van der Waals surface area contributed by atoms with Gasteiger partial charge in [0.25, 0.3) is 5.91 Å². The molecule has 7 heteroatoms. The van der Waals surface area contributed by atoms with E-state index in [1.54, 1.807) is 41.9 Å². The lowest BCUT2D eigenvalue weighted by Crippen LogP contribution is -2.23. The lowest BCUT2D eigenvalue weighted by molar-refractivity contribution is 0.0600. The second-order valence-corrected chi connectivity index (χ2v) is 5.89. The van der Waals surface area contributed by atoms with Crippen LogP contribution in [0.2, 0.25) is 0 Å². The summed E-state index contributed by atoms with van der Waals surface area (Å²) in [5, 5.41) is 3.06. The Morgan fingerprint density at radius 3 is 2.37 bits per heavy atom. The van der Waals surface area contributed by atoms with Gasteiger partial charge in [-0.25, -0.2) is 4.79 Å². The molecule has 0 saturated heterocycles. The summed E-state index contributed by atoms with van der Waals surface area (Å²) in [6.07, 6.45) is 1.50. The molecule has 138 valence electrons. The van der Waals surface area contributed by atoms with Crippen molar-refractivity contribution in [3.05, 3.63) is 70.0 Å². The fraction of sp³-hybridized carbons (Fsp3) is 0.150. The van der Waals surface area contributed by atoms with Crippen LogP contribution in [0.25, 0.3) is 10.9 Å². The summed E-state index contributed by atoms with van der Waals surface area (Å²) in [4.78, 5) is 36.8. The minimum atomic E-state index is -0.536. The Bertz CT molecular complexity index is 1080. The number of carbonyl (C=O) groups is 2. The number of esters is 1. The first-order valence-corrected chi connectivity index (χ1v) is 8.11. The molecule has 1 N–H and O–H groups in total. The zero-order chi connectivity index (χ0) is 19.6. The maximum Gasteiger partial charge on any atom is 0.337 e. The Morgan fingerprint density at radius 1 is 1.04 bits per heavy atom. The molecule has 0 fully saturated rings. The number of hydrogen-bond donors (Lipinski definition) is 1. The zero-order valence-corrected chi connectivity index (χ0v) is 15.1. The van der Waals surface area contributed by atoms with Gasteiger partial charge >= 0.3 is 5.97 Å². The summed E-state index contributed by atoms with van der Waals surface area (Å²) in [6, 6.07) is 11.3. The van der Waals surface area contributed by atoms with E-state index in [9.17, 15) is 14.4 Å². The number of anilines is 1. The van der Waals surface area contributed by atoms with Gasteiger partial charge in [0.2, 0.25) is 5.43 Å². The molecule has 2 aromatic carbocycles. The van der Waals surface area contributed by atoms with Crippen molar-refractivity contribution in [2.24, 2.45) is 7.05 Å². The number of carbonyl (C=O) groups excluding carboxylic acids is 2. The molecule has 0 saturated carbocycles. The lowest BCUT2D eigenvalue weighted by Gasteiger charge is -2.11. The van der Waals surface area contributed by atoms with E-state index in [2.05, 4.69) is 10.1 Å². The predicted molar refractivity (Wildman–Crippen MR) is 101 cm³/mol. The van der Waals surface area contributed by atoms with Crippen LogP contribution in [-0.4, -0.2) is 30.7 Å². The van der Waals surface area contributed by atoms with Crippen molar-refractivity contribution in [3.63, 3.8) is 0 Å². The molecule has 0 aliphatic rings. The maximum atomic E-state index is 12.8. The van der Waals surface area contributed by atoms with E-state index in [0.29, 0.717) is 27.9 Å². The van der Waals surface area contributed by atoms with E-state index >= 15 is 0 Å². The molecule has 1 amide bonds. The van der Waals surface area contributed by atoms with Crippen LogP contribution in [0.1, 0.15) is 20.7 Å². The number of nitrogens with zero attached hydrogens (tertiary/aromatic N) is 1. The van der Waals surface area contributed by atoms with Crippen LogP contribution in [0.15, 0.2) is 53.5 Å². The van der Waals surface area contributed by atoms with E-state index < -0.39 is 11.9 Å². The van der Waals surface area contributed by atoms with Gasteiger partial charge in [-0.05, 0) is 42.5 Å². The van der Waals surface area contributed by atoms with Crippen LogP contribution in [0.4, 0.5) is 5.69 Å². The molecular weight excluding hydrogens is 348 g/mol.